The summed E-state index contributed by atoms with van der Waals surface area (Å²) >= 11 is 1.36. The molecule has 0 saturated carbocycles. The van der Waals surface area contributed by atoms with E-state index in [4.69, 9.17) is 0 Å². The topological polar surface area (TPSA) is 59.8 Å². The molecule has 1 N–H and O–H groups in total. The van der Waals surface area contributed by atoms with Crippen LogP contribution in [0.15, 0.2) is 66.1 Å². The maximum absolute atomic E-state index is 12.0. The number of anilines is 1. The number of nitrogens with one attached hydrogen (secondary N) is 1. The lowest BCUT2D eigenvalue weighted by Gasteiger charge is -2.05. The molecule has 0 spiro atoms. The second kappa shape index (κ2) is 8.30. The second-order valence-electron chi connectivity index (χ2n) is 5.43. The number of carbonyl (C=O) groups is 1. The first-order valence-corrected chi connectivity index (χ1v) is 8.79. The Labute approximate surface area is 150 Å². The van der Waals surface area contributed by atoms with E-state index in [1.807, 2.05) is 55.6 Å². The van der Waals surface area contributed by atoms with Crippen molar-refractivity contribution < 1.29 is 4.79 Å². The zero-order valence-corrected chi connectivity index (χ0v) is 14.6. The van der Waals surface area contributed by atoms with Crippen molar-refractivity contribution in [2.45, 2.75) is 5.16 Å². The molecule has 0 aliphatic heterocycles. The van der Waals surface area contributed by atoms with Crippen molar-refractivity contribution in [3.8, 4) is 0 Å². The number of benzene rings is 2. The van der Waals surface area contributed by atoms with Gasteiger partial charge in [-0.15, -0.1) is 10.2 Å². The van der Waals surface area contributed by atoms with Crippen LogP contribution in [0.3, 0.4) is 0 Å². The van der Waals surface area contributed by atoms with Gasteiger partial charge in [-0.1, -0.05) is 66.4 Å². The molecule has 0 atom stereocenters. The van der Waals surface area contributed by atoms with Crippen LogP contribution in [0.5, 0.6) is 0 Å². The van der Waals surface area contributed by atoms with Crippen molar-refractivity contribution in [3.05, 3.63) is 72.1 Å². The van der Waals surface area contributed by atoms with E-state index in [0.29, 0.717) is 5.75 Å². The van der Waals surface area contributed by atoms with Gasteiger partial charge in [0.2, 0.25) is 5.91 Å². The van der Waals surface area contributed by atoms with Crippen molar-refractivity contribution in [2.75, 3.05) is 11.1 Å². The Bertz CT molecular complexity index is 857. The number of carbonyl (C=O) groups excluding carboxylic acids is 1. The van der Waals surface area contributed by atoms with Crippen molar-refractivity contribution in [1.82, 2.24) is 14.8 Å². The highest BCUT2D eigenvalue weighted by molar-refractivity contribution is 7.99. The fourth-order valence-electron chi connectivity index (χ4n) is 2.16. The summed E-state index contributed by atoms with van der Waals surface area (Å²) in [6.07, 6.45) is 5.72. The Morgan fingerprint density at radius 1 is 1.08 bits per heavy atom. The van der Waals surface area contributed by atoms with Gasteiger partial charge in [0.15, 0.2) is 5.16 Å². The quantitative estimate of drug-likeness (QED) is 0.544. The van der Waals surface area contributed by atoms with Gasteiger partial charge in [-0.3, -0.25) is 4.79 Å². The first-order chi connectivity index (χ1) is 12.2. The third-order valence-corrected chi connectivity index (χ3v) is 4.50. The number of rotatable bonds is 6. The summed E-state index contributed by atoms with van der Waals surface area (Å²) in [6, 6.07) is 17.9. The second-order valence-corrected chi connectivity index (χ2v) is 6.37. The zero-order chi connectivity index (χ0) is 17.5. The summed E-state index contributed by atoms with van der Waals surface area (Å²) in [5.41, 5.74) is 3.01. The summed E-state index contributed by atoms with van der Waals surface area (Å²) in [7, 11) is 1.85. The average molecular weight is 350 g/mol. The lowest BCUT2D eigenvalue weighted by Crippen LogP contribution is -2.14. The van der Waals surface area contributed by atoms with Crippen LogP contribution < -0.4 is 5.32 Å². The fourth-order valence-corrected chi connectivity index (χ4v) is 2.85. The van der Waals surface area contributed by atoms with Crippen LogP contribution in [0, 0.1) is 0 Å². The van der Waals surface area contributed by atoms with Crippen molar-refractivity contribution >= 4 is 35.5 Å². The summed E-state index contributed by atoms with van der Waals surface area (Å²) < 4.78 is 1.78. The van der Waals surface area contributed by atoms with Gasteiger partial charge in [0.25, 0.3) is 0 Å². The third kappa shape index (κ3) is 5.06. The molecule has 126 valence electrons. The van der Waals surface area contributed by atoms with Gasteiger partial charge in [0, 0.05) is 12.7 Å². The van der Waals surface area contributed by atoms with Crippen LogP contribution in [0.1, 0.15) is 11.1 Å². The molecule has 5 nitrogen and oxygen atoms in total. The Hall–Kier alpha value is -2.86. The fraction of sp³-hybridized carbons (Fsp3) is 0.105. The molecule has 25 heavy (non-hydrogen) atoms. The lowest BCUT2D eigenvalue weighted by atomic mass is 10.1. The molecule has 1 aromatic heterocycles. The van der Waals surface area contributed by atoms with E-state index in [1.54, 1.807) is 10.9 Å². The van der Waals surface area contributed by atoms with Crippen molar-refractivity contribution in [3.63, 3.8) is 0 Å². The van der Waals surface area contributed by atoms with Gasteiger partial charge >= 0.3 is 0 Å². The van der Waals surface area contributed by atoms with Gasteiger partial charge in [0.1, 0.15) is 6.33 Å². The molecule has 3 rings (SSSR count). The first kappa shape index (κ1) is 17.0. The zero-order valence-electron chi connectivity index (χ0n) is 13.8. The highest BCUT2D eigenvalue weighted by Crippen LogP contribution is 2.16. The smallest absolute Gasteiger partial charge is 0.234 e. The molecule has 1 heterocycles. The third-order valence-electron chi connectivity index (χ3n) is 3.46. The van der Waals surface area contributed by atoms with E-state index in [0.717, 1.165) is 22.0 Å². The highest BCUT2D eigenvalue weighted by Gasteiger charge is 2.07. The van der Waals surface area contributed by atoms with Crippen LogP contribution in [0.4, 0.5) is 5.69 Å². The van der Waals surface area contributed by atoms with E-state index in [9.17, 15) is 4.79 Å². The van der Waals surface area contributed by atoms with Gasteiger partial charge < -0.3 is 9.88 Å². The van der Waals surface area contributed by atoms with E-state index >= 15 is 0 Å². The molecule has 0 unspecified atom stereocenters. The number of thioether (sulfide) groups is 1. The largest absolute Gasteiger partial charge is 0.325 e. The minimum atomic E-state index is -0.0689. The molecule has 0 bridgehead atoms. The first-order valence-electron chi connectivity index (χ1n) is 7.80. The van der Waals surface area contributed by atoms with Crippen LogP contribution in [0.2, 0.25) is 0 Å². The van der Waals surface area contributed by atoms with E-state index in [2.05, 4.69) is 33.7 Å². The minimum absolute atomic E-state index is 0.0689. The normalized spacial score (nSPS) is 10.9. The highest BCUT2D eigenvalue weighted by atomic mass is 32.2. The maximum Gasteiger partial charge on any atom is 0.234 e. The number of aromatic nitrogens is 3. The van der Waals surface area contributed by atoms with Gasteiger partial charge in [-0.05, 0) is 23.3 Å². The molecule has 0 aliphatic carbocycles. The number of hydrogen-bond acceptors (Lipinski definition) is 4. The van der Waals surface area contributed by atoms with Gasteiger partial charge in [-0.2, -0.15) is 0 Å². The van der Waals surface area contributed by atoms with E-state index in [-0.39, 0.29) is 5.91 Å². The van der Waals surface area contributed by atoms with Crippen LogP contribution >= 0.6 is 11.8 Å². The number of aryl methyl sites for hydroxylation is 1. The van der Waals surface area contributed by atoms with Crippen LogP contribution in [-0.2, 0) is 11.8 Å². The summed E-state index contributed by atoms with van der Waals surface area (Å²) in [5, 5.41) is 11.3. The Morgan fingerprint density at radius 2 is 1.76 bits per heavy atom. The summed E-state index contributed by atoms with van der Waals surface area (Å²) in [4.78, 5) is 12.0. The van der Waals surface area contributed by atoms with E-state index < -0.39 is 0 Å². The maximum atomic E-state index is 12.0. The van der Waals surface area contributed by atoms with Crippen molar-refractivity contribution in [2.24, 2.45) is 7.05 Å². The molecular formula is C19H18N4OS. The van der Waals surface area contributed by atoms with Crippen LogP contribution in [-0.4, -0.2) is 26.4 Å². The minimum Gasteiger partial charge on any atom is -0.325 e. The Kier molecular flexibility index (Phi) is 5.64. The molecule has 1 amide bonds. The molecule has 6 heteroatoms. The molecule has 0 aliphatic rings. The molecule has 2 aromatic carbocycles. The van der Waals surface area contributed by atoms with Crippen molar-refractivity contribution in [1.29, 1.82) is 0 Å². The molecule has 3 aromatic rings. The van der Waals surface area contributed by atoms with Gasteiger partial charge in [-0.25, -0.2) is 0 Å². The average Bonchev–Trinajstić information content (AvgIpc) is 3.05. The number of nitrogens with zero attached hydrogens (tertiary/aromatic N) is 3. The number of hydrogen-bond donors (Lipinski definition) is 1. The lowest BCUT2D eigenvalue weighted by molar-refractivity contribution is -0.113. The number of amides is 1. The standard InChI is InChI=1S/C19H18N4OS/c1-23-14-20-22-19(23)25-13-18(24)21-17-11-9-16(10-12-17)8-7-15-5-3-2-4-6-15/h2-12,14H,13H2,1H3,(H,21,24). The monoisotopic (exact) mass is 350 g/mol. The van der Waals surface area contributed by atoms with E-state index in [1.165, 1.54) is 11.8 Å². The summed E-state index contributed by atoms with van der Waals surface area (Å²) in [6.45, 7) is 0. The van der Waals surface area contributed by atoms with Crippen LogP contribution in [0.25, 0.3) is 12.2 Å². The Morgan fingerprint density at radius 3 is 2.40 bits per heavy atom. The molecule has 0 saturated heterocycles. The molecular weight excluding hydrogens is 332 g/mol. The Balaban J connectivity index is 1.52. The molecule has 0 fully saturated rings. The SMILES string of the molecule is Cn1cnnc1SCC(=O)Nc1ccc(C=Cc2ccccc2)cc1. The predicted molar refractivity (Wildman–Crippen MR) is 102 cm³/mol. The summed E-state index contributed by atoms with van der Waals surface area (Å²) in [5.74, 6) is 0.225. The molecule has 0 radical (unpaired) electrons. The predicted octanol–water partition coefficient (Wildman–Crippen LogP) is 3.72. The van der Waals surface area contributed by atoms with Gasteiger partial charge in [0.05, 0.1) is 5.75 Å².